The SMILES string of the molecule is Cc1cc(OCCNc2ccncc2)cc(C(=O)N(CCC#N)C(C)C)c1.O=C(O)C(F)(F)F. The summed E-state index contributed by atoms with van der Waals surface area (Å²) in [5.41, 5.74) is 2.53. The monoisotopic (exact) mass is 480 g/mol. The van der Waals surface area contributed by atoms with E-state index < -0.39 is 12.1 Å². The number of nitrogens with zero attached hydrogens (tertiary/aromatic N) is 3. The number of hydrogen-bond acceptors (Lipinski definition) is 6. The third-order valence-electron chi connectivity index (χ3n) is 4.27. The van der Waals surface area contributed by atoms with Crippen molar-refractivity contribution < 1.29 is 32.6 Å². The highest BCUT2D eigenvalue weighted by Gasteiger charge is 2.38. The minimum atomic E-state index is -5.08. The lowest BCUT2D eigenvalue weighted by molar-refractivity contribution is -0.192. The highest BCUT2D eigenvalue weighted by Crippen LogP contribution is 2.19. The summed E-state index contributed by atoms with van der Waals surface area (Å²) in [5.74, 6) is -2.17. The third-order valence-corrected chi connectivity index (χ3v) is 4.27. The zero-order valence-corrected chi connectivity index (χ0v) is 19.1. The Balaban J connectivity index is 0.000000718. The van der Waals surface area contributed by atoms with Gasteiger partial charge in [0.05, 0.1) is 12.5 Å². The number of anilines is 1. The van der Waals surface area contributed by atoms with Crippen molar-refractivity contribution in [1.82, 2.24) is 9.88 Å². The van der Waals surface area contributed by atoms with Crippen molar-refractivity contribution in [3.05, 3.63) is 53.9 Å². The predicted octanol–water partition coefficient (Wildman–Crippen LogP) is 4.28. The van der Waals surface area contributed by atoms with E-state index in [-0.39, 0.29) is 11.9 Å². The molecule has 8 nitrogen and oxygen atoms in total. The summed E-state index contributed by atoms with van der Waals surface area (Å²) >= 11 is 0. The number of hydrogen-bond donors (Lipinski definition) is 2. The topological polar surface area (TPSA) is 116 Å². The molecule has 0 spiro atoms. The number of nitrogens with one attached hydrogen (secondary N) is 1. The maximum Gasteiger partial charge on any atom is 0.490 e. The molecule has 1 amide bonds. The Morgan fingerprint density at radius 3 is 2.38 bits per heavy atom. The number of carboxylic acid groups (broad SMARTS) is 1. The van der Waals surface area contributed by atoms with Crippen molar-refractivity contribution in [2.45, 2.75) is 39.4 Å². The Kier molecular flexibility index (Phi) is 11.3. The third kappa shape index (κ3) is 10.2. The first kappa shape index (κ1) is 28.2. The largest absolute Gasteiger partial charge is 0.492 e. The number of aliphatic carboxylic acids is 1. The first-order valence-corrected chi connectivity index (χ1v) is 10.3. The van der Waals surface area contributed by atoms with Gasteiger partial charge < -0.3 is 20.1 Å². The van der Waals surface area contributed by atoms with Crippen LogP contribution in [-0.2, 0) is 4.79 Å². The Bertz CT molecular complexity index is 976. The van der Waals surface area contributed by atoms with Gasteiger partial charge in [0.2, 0.25) is 0 Å². The van der Waals surface area contributed by atoms with Gasteiger partial charge in [0.15, 0.2) is 0 Å². The molecule has 184 valence electrons. The minimum Gasteiger partial charge on any atom is -0.492 e. The number of pyridine rings is 1. The smallest absolute Gasteiger partial charge is 0.490 e. The van der Waals surface area contributed by atoms with Crippen molar-refractivity contribution in [3.8, 4) is 11.8 Å². The molecule has 34 heavy (non-hydrogen) atoms. The molecule has 0 atom stereocenters. The van der Waals surface area contributed by atoms with Gasteiger partial charge in [0, 0.05) is 42.8 Å². The second-order valence-corrected chi connectivity index (χ2v) is 7.35. The summed E-state index contributed by atoms with van der Waals surface area (Å²) in [6, 6.07) is 11.5. The molecule has 0 fully saturated rings. The molecule has 1 heterocycles. The molecular weight excluding hydrogens is 453 g/mol. The van der Waals surface area contributed by atoms with E-state index in [2.05, 4.69) is 16.4 Å². The van der Waals surface area contributed by atoms with Crippen LogP contribution in [-0.4, -0.2) is 58.8 Å². The van der Waals surface area contributed by atoms with Gasteiger partial charge in [-0.25, -0.2) is 4.79 Å². The molecule has 0 bridgehead atoms. The molecule has 2 rings (SSSR count). The highest BCUT2D eigenvalue weighted by molar-refractivity contribution is 5.95. The van der Waals surface area contributed by atoms with Gasteiger partial charge in [-0.3, -0.25) is 9.78 Å². The number of aromatic nitrogens is 1. The molecule has 1 aromatic carbocycles. The quantitative estimate of drug-likeness (QED) is 0.515. The zero-order valence-electron chi connectivity index (χ0n) is 19.1. The summed E-state index contributed by atoms with van der Waals surface area (Å²) in [4.78, 5) is 27.4. The first-order valence-electron chi connectivity index (χ1n) is 10.3. The van der Waals surface area contributed by atoms with Crippen LogP contribution >= 0.6 is 0 Å². The number of amides is 1. The number of carbonyl (C=O) groups excluding carboxylic acids is 1. The summed E-state index contributed by atoms with van der Waals surface area (Å²) in [5, 5.41) is 19.2. The fourth-order valence-corrected chi connectivity index (χ4v) is 2.72. The lowest BCUT2D eigenvalue weighted by Crippen LogP contribution is -2.37. The van der Waals surface area contributed by atoms with Crippen LogP contribution in [0.4, 0.5) is 18.9 Å². The molecule has 2 N–H and O–H groups in total. The predicted molar refractivity (Wildman–Crippen MR) is 119 cm³/mol. The van der Waals surface area contributed by atoms with E-state index >= 15 is 0 Å². The summed E-state index contributed by atoms with van der Waals surface area (Å²) < 4.78 is 37.6. The number of nitriles is 1. The molecule has 0 saturated heterocycles. The van der Waals surface area contributed by atoms with Crippen LogP contribution in [0.5, 0.6) is 5.75 Å². The second-order valence-electron chi connectivity index (χ2n) is 7.35. The molecule has 0 aliphatic heterocycles. The van der Waals surface area contributed by atoms with Crippen molar-refractivity contribution in [2.75, 3.05) is 25.0 Å². The number of carboxylic acids is 1. The van der Waals surface area contributed by atoms with Gasteiger partial charge in [-0.05, 0) is 56.7 Å². The van der Waals surface area contributed by atoms with Gasteiger partial charge >= 0.3 is 12.1 Å². The molecule has 0 saturated carbocycles. The van der Waals surface area contributed by atoms with E-state index in [1.54, 1.807) is 23.4 Å². The van der Waals surface area contributed by atoms with Crippen LogP contribution in [0.25, 0.3) is 0 Å². The Hall–Kier alpha value is -3.81. The fraction of sp³-hybridized carbons (Fsp3) is 0.391. The summed E-state index contributed by atoms with van der Waals surface area (Å²) in [6.45, 7) is 7.38. The number of carbonyl (C=O) groups is 2. The maximum absolute atomic E-state index is 12.9. The van der Waals surface area contributed by atoms with Crippen LogP contribution < -0.4 is 10.1 Å². The Morgan fingerprint density at radius 1 is 1.24 bits per heavy atom. The molecular formula is C23H27F3N4O4. The zero-order chi connectivity index (χ0) is 25.7. The van der Waals surface area contributed by atoms with Gasteiger partial charge in [-0.1, -0.05) is 0 Å². The number of aryl methyl sites for hydroxylation is 1. The van der Waals surface area contributed by atoms with Crippen molar-refractivity contribution >= 4 is 17.6 Å². The average Bonchev–Trinajstić information content (AvgIpc) is 2.77. The second kappa shape index (κ2) is 13.7. The molecule has 2 aromatic rings. The average molecular weight is 480 g/mol. The van der Waals surface area contributed by atoms with Crippen LogP contribution in [0.1, 0.15) is 36.2 Å². The van der Waals surface area contributed by atoms with E-state index in [0.29, 0.717) is 37.4 Å². The standard InChI is InChI=1S/C21H26N4O2.C2HF3O2/c1-16(2)25(11-4-7-22)21(26)18-13-17(3)14-20(15-18)27-12-10-24-19-5-8-23-9-6-19;3-2(4,5)1(6)7/h5-6,8-9,13-16H,4,10-12H2,1-3H3,(H,23,24);(H,6,7). The molecule has 11 heteroatoms. The molecule has 0 unspecified atom stereocenters. The van der Waals surface area contributed by atoms with E-state index in [0.717, 1.165) is 11.3 Å². The number of halogens is 3. The summed E-state index contributed by atoms with van der Waals surface area (Å²) in [7, 11) is 0. The maximum atomic E-state index is 12.9. The lowest BCUT2D eigenvalue weighted by atomic mass is 10.1. The summed E-state index contributed by atoms with van der Waals surface area (Å²) in [6.07, 6.45) is -1.30. The molecule has 0 radical (unpaired) electrons. The van der Waals surface area contributed by atoms with Crippen LogP contribution in [0.15, 0.2) is 42.7 Å². The molecule has 0 aliphatic rings. The normalized spacial score (nSPS) is 10.5. The van der Waals surface area contributed by atoms with Gasteiger partial charge in [0.1, 0.15) is 12.4 Å². The molecule has 0 aliphatic carbocycles. The minimum absolute atomic E-state index is 0.0280. The van der Waals surface area contributed by atoms with Crippen LogP contribution in [0, 0.1) is 18.3 Å². The van der Waals surface area contributed by atoms with E-state index in [1.165, 1.54) is 0 Å². The lowest BCUT2D eigenvalue weighted by Gasteiger charge is -2.26. The van der Waals surface area contributed by atoms with E-state index in [1.807, 2.05) is 45.0 Å². The Morgan fingerprint density at radius 2 is 1.85 bits per heavy atom. The van der Waals surface area contributed by atoms with Crippen molar-refractivity contribution in [2.24, 2.45) is 0 Å². The van der Waals surface area contributed by atoms with Gasteiger partial charge in [-0.15, -0.1) is 0 Å². The van der Waals surface area contributed by atoms with E-state index in [4.69, 9.17) is 19.9 Å². The Labute approximate surface area is 196 Å². The van der Waals surface area contributed by atoms with Crippen LogP contribution in [0.2, 0.25) is 0 Å². The number of alkyl halides is 3. The highest BCUT2D eigenvalue weighted by atomic mass is 19.4. The van der Waals surface area contributed by atoms with Crippen molar-refractivity contribution in [1.29, 1.82) is 5.26 Å². The molecule has 1 aromatic heterocycles. The first-order chi connectivity index (χ1) is 16.0. The van der Waals surface area contributed by atoms with Gasteiger partial charge in [0.25, 0.3) is 5.91 Å². The number of rotatable bonds is 9. The fourth-order valence-electron chi connectivity index (χ4n) is 2.72. The van der Waals surface area contributed by atoms with Crippen LogP contribution in [0.3, 0.4) is 0 Å². The van der Waals surface area contributed by atoms with Gasteiger partial charge in [-0.2, -0.15) is 18.4 Å². The number of benzene rings is 1. The van der Waals surface area contributed by atoms with E-state index in [9.17, 15) is 18.0 Å². The number of ether oxygens (including phenoxy) is 1. The van der Waals surface area contributed by atoms with Crippen molar-refractivity contribution in [3.63, 3.8) is 0 Å².